The van der Waals surface area contributed by atoms with Crippen LogP contribution in [0, 0.1) is 5.41 Å². The van der Waals surface area contributed by atoms with Crippen molar-refractivity contribution in [3.63, 3.8) is 0 Å². The Balaban J connectivity index is 2.53. The number of benzene rings is 2. The van der Waals surface area contributed by atoms with Gasteiger partial charge >= 0.3 is 0 Å². The summed E-state index contributed by atoms with van der Waals surface area (Å²) in [6, 6.07) is 22.0. The normalized spacial score (nSPS) is 16.6. The lowest BCUT2D eigenvalue weighted by atomic mass is 9.67. The minimum atomic E-state index is 0.237. The van der Waals surface area contributed by atoms with Crippen LogP contribution in [0.15, 0.2) is 60.7 Å². The summed E-state index contributed by atoms with van der Waals surface area (Å²) in [5, 5.41) is 0.237. The van der Waals surface area contributed by atoms with Crippen LogP contribution in [0.2, 0.25) is 0 Å². The van der Waals surface area contributed by atoms with Crippen LogP contribution in [0.3, 0.4) is 0 Å². The molecule has 0 aliphatic carbocycles. The topological polar surface area (TPSA) is 0 Å². The predicted octanol–water partition coefficient (Wildman–Crippen LogP) is 4.10. The molecule has 0 saturated heterocycles. The lowest BCUT2D eigenvalue weighted by Gasteiger charge is -2.44. The van der Waals surface area contributed by atoms with Gasteiger partial charge in [0.2, 0.25) is 0 Å². The minimum absolute atomic E-state index is 0.237. The van der Waals surface area contributed by atoms with Gasteiger partial charge in [-0.15, -0.1) is 0 Å². The average molecular weight is 283 g/mol. The van der Waals surface area contributed by atoms with Crippen molar-refractivity contribution in [2.24, 2.45) is 5.41 Å². The fourth-order valence-electron chi connectivity index (χ4n) is 3.68. The molecule has 0 radical (unpaired) electrons. The fraction of sp³-hybridized carbons (Fsp3) is 0.368. The highest BCUT2D eigenvalue weighted by Crippen LogP contribution is 2.47. The summed E-state index contributed by atoms with van der Waals surface area (Å²) < 4.78 is 0. The molecule has 0 saturated carbocycles. The van der Waals surface area contributed by atoms with Crippen LogP contribution in [0.25, 0.3) is 0 Å². The van der Waals surface area contributed by atoms with Gasteiger partial charge in [-0.2, -0.15) is 0 Å². The zero-order valence-corrected chi connectivity index (χ0v) is 15.4. The molecule has 0 fully saturated rings. The molecule has 0 aromatic heterocycles. The van der Waals surface area contributed by atoms with Crippen molar-refractivity contribution in [2.75, 3.05) is 0 Å². The lowest BCUT2D eigenvalue weighted by Crippen LogP contribution is -2.38. The minimum Gasteiger partial charge on any atom is -0.0622 e. The lowest BCUT2D eigenvalue weighted by molar-refractivity contribution is 0.265. The Morgan fingerprint density at radius 3 is 1.65 bits per heavy atom. The molecule has 0 aliphatic heterocycles. The van der Waals surface area contributed by atoms with E-state index in [1.165, 1.54) is 11.1 Å². The summed E-state index contributed by atoms with van der Waals surface area (Å²) in [5.41, 5.74) is 3.17. The Morgan fingerprint density at radius 2 is 1.20 bits per heavy atom. The van der Waals surface area contributed by atoms with E-state index in [4.69, 9.17) is 0 Å². The van der Waals surface area contributed by atoms with Gasteiger partial charge in [0.1, 0.15) is 0 Å². The Labute approximate surface area is 126 Å². The first-order chi connectivity index (χ1) is 9.33. The largest absolute Gasteiger partial charge is 0.0622 e. The van der Waals surface area contributed by atoms with E-state index in [-0.39, 0.29) is 10.5 Å². The summed E-state index contributed by atoms with van der Waals surface area (Å²) in [5.74, 6) is 0.533. The van der Waals surface area contributed by atoms with E-state index in [0.717, 1.165) is 10.2 Å². The monoisotopic (exact) mass is 282 g/mol. The smallest absolute Gasteiger partial charge is 0.0167 e. The van der Waals surface area contributed by atoms with Crippen molar-refractivity contribution in [3.05, 3.63) is 71.8 Å². The molecule has 0 bridgehead atoms. The highest BCUT2D eigenvalue weighted by Gasteiger charge is 2.39. The van der Waals surface area contributed by atoms with Gasteiger partial charge in [-0.05, 0) is 27.5 Å². The van der Waals surface area contributed by atoms with Gasteiger partial charge in [0.25, 0.3) is 0 Å². The first kappa shape index (κ1) is 15.1. The average Bonchev–Trinajstić information content (AvgIpc) is 2.39. The van der Waals surface area contributed by atoms with Gasteiger partial charge in [0.15, 0.2) is 0 Å². The van der Waals surface area contributed by atoms with Crippen molar-refractivity contribution < 1.29 is 0 Å². The second-order valence-corrected chi connectivity index (χ2v) is 9.37. The quantitative estimate of drug-likeness (QED) is 0.744. The van der Waals surface area contributed by atoms with Crippen LogP contribution in [-0.4, -0.2) is 10.2 Å². The summed E-state index contributed by atoms with van der Waals surface area (Å²) in [7, 11) is 1.13. The van der Waals surface area contributed by atoms with Gasteiger partial charge in [0, 0.05) is 10.2 Å². The molecule has 0 N–H and O–H groups in total. The highest BCUT2D eigenvalue weighted by atomic mass is 28.1. The zero-order valence-electron chi connectivity index (χ0n) is 13.4. The van der Waals surface area contributed by atoms with E-state index in [9.17, 15) is 0 Å². The molecule has 106 valence electrons. The SMILES string of the molecule is CC(C)(C)C(c1ccccc1)C(C)([SiH3])c1ccccc1. The second-order valence-electron chi connectivity index (χ2n) is 7.30. The van der Waals surface area contributed by atoms with Crippen LogP contribution < -0.4 is 0 Å². The molecule has 0 nitrogen and oxygen atoms in total. The van der Waals surface area contributed by atoms with Crippen LogP contribution in [0.1, 0.15) is 44.7 Å². The van der Waals surface area contributed by atoms with E-state index >= 15 is 0 Å². The van der Waals surface area contributed by atoms with Crippen LogP contribution in [0.5, 0.6) is 0 Å². The van der Waals surface area contributed by atoms with Crippen LogP contribution in [0.4, 0.5) is 0 Å². The number of rotatable bonds is 3. The fourth-order valence-corrected chi connectivity index (χ4v) is 5.21. The number of hydrogen-bond acceptors (Lipinski definition) is 0. The van der Waals surface area contributed by atoms with Crippen LogP contribution in [-0.2, 0) is 5.04 Å². The molecule has 2 aromatic rings. The molecule has 0 aliphatic rings. The molecule has 20 heavy (non-hydrogen) atoms. The molecular weight excluding hydrogens is 256 g/mol. The zero-order chi connectivity index (χ0) is 14.8. The Morgan fingerprint density at radius 1 is 0.750 bits per heavy atom. The third kappa shape index (κ3) is 3.04. The van der Waals surface area contributed by atoms with E-state index in [1.54, 1.807) is 0 Å². The molecule has 2 unspecified atom stereocenters. The van der Waals surface area contributed by atoms with Gasteiger partial charge in [-0.25, -0.2) is 0 Å². The van der Waals surface area contributed by atoms with E-state index < -0.39 is 0 Å². The van der Waals surface area contributed by atoms with Gasteiger partial charge in [-0.1, -0.05) is 88.4 Å². The summed E-state index contributed by atoms with van der Waals surface area (Å²) in [4.78, 5) is 0. The first-order valence-electron chi connectivity index (χ1n) is 7.44. The second kappa shape index (κ2) is 5.57. The summed E-state index contributed by atoms with van der Waals surface area (Å²) in [6.45, 7) is 9.52. The van der Waals surface area contributed by atoms with Gasteiger partial charge in [0.05, 0.1) is 0 Å². The van der Waals surface area contributed by atoms with Gasteiger partial charge in [-0.3, -0.25) is 0 Å². The van der Waals surface area contributed by atoms with E-state index in [1.807, 2.05) is 0 Å². The predicted molar refractivity (Wildman–Crippen MR) is 92.4 cm³/mol. The molecule has 0 spiro atoms. The molecule has 2 aromatic carbocycles. The maximum atomic E-state index is 2.43. The third-order valence-electron chi connectivity index (χ3n) is 4.24. The first-order valence-corrected chi connectivity index (χ1v) is 8.44. The van der Waals surface area contributed by atoms with Crippen molar-refractivity contribution in [2.45, 2.75) is 38.7 Å². The van der Waals surface area contributed by atoms with Gasteiger partial charge < -0.3 is 0 Å². The molecule has 1 heteroatoms. The van der Waals surface area contributed by atoms with Crippen molar-refractivity contribution in [3.8, 4) is 0 Å². The molecule has 2 atom stereocenters. The summed E-state index contributed by atoms with van der Waals surface area (Å²) in [6.07, 6.45) is 0. The molecule has 2 rings (SSSR count). The van der Waals surface area contributed by atoms with Crippen molar-refractivity contribution in [1.82, 2.24) is 0 Å². The maximum Gasteiger partial charge on any atom is 0.0167 e. The standard InChI is InChI=1S/C19H26Si/c1-18(2,3)17(15-11-7-5-8-12-15)19(4,20)16-13-9-6-10-14-16/h5-14,17H,1-4,20H3. The van der Waals surface area contributed by atoms with E-state index in [0.29, 0.717) is 5.92 Å². The Hall–Kier alpha value is -1.34. The van der Waals surface area contributed by atoms with E-state index in [2.05, 4.69) is 88.4 Å². The number of hydrogen-bond donors (Lipinski definition) is 0. The summed E-state index contributed by atoms with van der Waals surface area (Å²) >= 11 is 0. The van der Waals surface area contributed by atoms with Crippen molar-refractivity contribution >= 4 is 10.2 Å². The highest BCUT2D eigenvalue weighted by molar-refractivity contribution is 6.16. The molecule has 0 heterocycles. The Bertz CT molecular complexity index is 535. The molecular formula is C19H26Si. The van der Waals surface area contributed by atoms with Crippen LogP contribution >= 0.6 is 0 Å². The maximum absolute atomic E-state index is 2.43. The Kier molecular flexibility index (Phi) is 4.19. The van der Waals surface area contributed by atoms with Crippen molar-refractivity contribution in [1.29, 1.82) is 0 Å². The third-order valence-corrected chi connectivity index (χ3v) is 5.39. The molecule has 0 amide bonds.